The molecule has 0 spiro atoms. The fourth-order valence-electron chi connectivity index (χ4n) is 5.13. The van der Waals surface area contributed by atoms with Crippen molar-refractivity contribution in [1.29, 1.82) is 0 Å². The van der Waals surface area contributed by atoms with Gasteiger partial charge >= 0.3 is 0 Å². The van der Waals surface area contributed by atoms with E-state index in [-0.39, 0.29) is 29.1 Å². The lowest BCUT2D eigenvalue weighted by atomic mass is 10.0. The minimum absolute atomic E-state index is 0.235. The summed E-state index contributed by atoms with van der Waals surface area (Å²) in [6, 6.07) is 11.8. The Hall–Kier alpha value is -4.91. The van der Waals surface area contributed by atoms with Gasteiger partial charge in [-0.25, -0.2) is 9.97 Å². The molecule has 3 heterocycles. The molecule has 3 atom stereocenters. The van der Waals surface area contributed by atoms with Crippen molar-refractivity contribution in [2.45, 2.75) is 57.2 Å². The molecule has 4 amide bonds. The predicted octanol–water partition coefficient (Wildman–Crippen LogP) is 2.40. The second-order valence-corrected chi connectivity index (χ2v) is 11.9. The number of aryl methyl sites for hydroxylation is 1. The molecule has 1 aliphatic rings. The monoisotopic (exact) mass is 629 g/mol. The topological polar surface area (TPSA) is 164 Å². The number of nitrogens with zero attached hydrogens (tertiary/aromatic N) is 3. The van der Waals surface area contributed by atoms with Crippen molar-refractivity contribution in [3.05, 3.63) is 92.4 Å². The number of hydrogen-bond acceptors (Lipinski definition) is 8. The van der Waals surface area contributed by atoms with Gasteiger partial charge in [0.2, 0.25) is 11.8 Å². The maximum atomic E-state index is 13.6. The first-order valence-corrected chi connectivity index (χ1v) is 15.8. The molecule has 13 heteroatoms. The highest BCUT2D eigenvalue weighted by Gasteiger charge is 2.29. The second kappa shape index (κ2) is 14.2. The molecule has 2 bridgehead atoms. The van der Waals surface area contributed by atoms with Crippen LogP contribution in [-0.4, -0.2) is 56.8 Å². The van der Waals surface area contributed by atoms with Gasteiger partial charge in [-0.1, -0.05) is 37.3 Å². The van der Waals surface area contributed by atoms with E-state index < -0.39 is 35.8 Å². The number of carbonyl (C=O) groups is 4. The van der Waals surface area contributed by atoms with Gasteiger partial charge in [0.05, 0.1) is 23.3 Å². The van der Waals surface area contributed by atoms with Gasteiger partial charge < -0.3 is 25.8 Å². The first-order chi connectivity index (χ1) is 21.7. The lowest BCUT2D eigenvalue weighted by Crippen LogP contribution is -2.54. The Morgan fingerprint density at radius 3 is 2.58 bits per heavy atom. The minimum atomic E-state index is -0.950. The number of nitrogens with one attached hydrogen (secondary N) is 4. The van der Waals surface area contributed by atoms with E-state index in [1.54, 1.807) is 19.4 Å². The highest BCUT2D eigenvalue weighted by Crippen LogP contribution is 2.23. The molecule has 1 aliphatic heterocycles. The van der Waals surface area contributed by atoms with Crippen molar-refractivity contribution < 1.29 is 19.2 Å². The molecule has 0 fully saturated rings. The Kier molecular flexibility index (Phi) is 9.98. The van der Waals surface area contributed by atoms with Crippen LogP contribution >= 0.6 is 11.3 Å². The zero-order chi connectivity index (χ0) is 31.9. The van der Waals surface area contributed by atoms with Crippen molar-refractivity contribution in [1.82, 2.24) is 35.8 Å². The molecular formula is C32H35N7O5S. The lowest BCUT2D eigenvalue weighted by molar-refractivity contribution is -0.130. The average molecular weight is 630 g/mol. The van der Waals surface area contributed by atoms with Crippen LogP contribution in [0.3, 0.4) is 0 Å². The van der Waals surface area contributed by atoms with E-state index in [0.29, 0.717) is 48.1 Å². The third-order valence-electron chi connectivity index (χ3n) is 7.70. The van der Waals surface area contributed by atoms with Crippen molar-refractivity contribution in [2.24, 2.45) is 7.05 Å². The normalized spacial score (nSPS) is 19.8. The smallest absolute Gasteiger partial charge is 0.270 e. The summed E-state index contributed by atoms with van der Waals surface area (Å²) in [4.78, 5) is 74.4. The number of fused-ring (bicyclic) bond motifs is 3. The Bertz CT molecular complexity index is 1770. The minimum Gasteiger partial charge on any atom is -0.351 e. The number of amides is 4. The molecule has 0 radical (unpaired) electrons. The number of thiazole rings is 1. The molecule has 2 aromatic carbocycles. The molecule has 0 unspecified atom stereocenters. The van der Waals surface area contributed by atoms with Gasteiger partial charge in [-0.3, -0.25) is 24.0 Å². The highest BCUT2D eigenvalue weighted by atomic mass is 32.1. The van der Waals surface area contributed by atoms with Gasteiger partial charge in [-0.2, -0.15) is 0 Å². The predicted molar refractivity (Wildman–Crippen MR) is 170 cm³/mol. The molecule has 4 aromatic rings. The molecule has 4 N–H and O–H groups in total. The molecule has 0 saturated heterocycles. The molecule has 0 aliphatic carbocycles. The molecule has 234 valence electrons. The summed E-state index contributed by atoms with van der Waals surface area (Å²) in [5, 5.41) is 14.2. The van der Waals surface area contributed by atoms with Crippen molar-refractivity contribution in [2.75, 3.05) is 6.54 Å². The first-order valence-electron chi connectivity index (χ1n) is 14.9. The number of hydrogen-bond donors (Lipinski definition) is 4. The maximum absolute atomic E-state index is 13.6. The van der Waals surface area contributed by atoms with Crippen LogP contribution in [0.5, 0.6) is 0 Å². The van der Waals surface area contributed by atoms with Crippen LogP contribution in [0.1, 0.15) is 70.1 Å². The van der Waals surface area contributed by atoms with E-state index >= 15 is 0 Å². The lowest BCUT2D eigenvalue weighted by Gasteiger charge is -2.25. The first kappa shape index (κ1) is 31.5. The third-order valence-corrected chi connectivity index (χ3v) is 8.66. The van der Waals surface area contributed by atoms with Crippen molar-refractivity contribution in [3.63, 3.8) is 0 Å². The molecule has 12 nitrogen and oxygen atoms in total. The maximum Gasteiger partial charge on any atom is 0.270 e. The van der Waals surface area contributed by atoms with Crippen LogP contribution in [0.4, 0.5) is 0 Å². The van der Waals surface area contributed by atoms with E-state index in [0.717, 1.165) is 5.56 Å². The zero-order valence-electron chi connectivity index (χ0n) is 25.0. The summed E-state index contributed by atoms with van der Waals surface area (Å²) in [5.41, 5.74) is 1.63. The van der Waals surface area contributed by atoms with E-state index in [1.165, 1.54) is 40.4 Å². The summed E-state index contributed by atoms with van der Waals surface area (Å²) in [6.45, 7) is 2.15. The van der Waals surface area contributed by atoms with E-state index in [4.69, 9.17) is 0 Å². The fraction of sp³-hybridized carbons (Fsp3) is 0.344. The van der Waals surface area contributed by atoms with Gasteiger partial charge in [0.1, 0.15) is 22.8 Å². The Labute approximate surface area is 263 Å². The Morgan fingerprint density at radius 1 is 1.02 bits per heavy atom. The van der Waals surface area contributed by atoms with E-state index in [2.05, 4.69) is 31.2 Å². The molecular weight excluding hydrogens is 594 g/mol. The number of benzene rings is 2. The van der Waals surface area contributed by atoms with Gasteiger partial charge in [0, 0.05) is 24.5 Å². The van der Waals surface area contributed by atoms with Crippen LogP contribution in [0.25, 0.3) is 10.9 Å². The number of rotatable bonds is 5. The van der Waals surface area contributed by atoms with Crippen LogP contribution < -0.4 is 26.8 Å². The van der Waals surface area contributed by atoms with Crippen molar-refractivity contribution in [3.8, 4) is 0 Å². The van der Waals surface area contributed by atoms with Gasteiger partial charge in [-0.15, -0.1) is 11.3 Å². The second-order valence-electron chi connectivity index (χ2n) is 11.0. The highest BCUT2D eigenvalue weighted by molar-refractivity contribution is 7.09. The average Bonchev–Trinajstić information content (AvgIpc) is 3.54. The quantitative estimate of drug-likeness (QED) is 0.263. The van der Waals surface area contributed by atoms with Gasteiger partial charge in [0.25, 0.3) is 17.4 Å². The summed E-state index contributed by atoms with van der Waals surface area (Å²) in [6.07, 6.45) is 3.48. The fourth-order valence-corrected chi connectivity index (χ4v) is 5.98. The van der Waals surface area contributed by atoms with E-state index in [1.807, 2.05) is 30.3 Å². The molecule has 0 saturated carbocycles. The zero-order valence-corrected chi connectivity index (χ0v) is 25.9. The Morgan fingerprint density at radius 2 is 1.80 bits per heavy atom. The molecule has 45 heavy (non-hydrogen) atoms. The molecule has 5 rings (SSSR count). The van der Waals surface area contributed by atoms with Gasteiger partial charge in [-0.05, 0) is 55.9 Å². The van der Waals surface area contributed by atoms with Crippen LogP contribution in [-0.2, 0) is 23.1 Å². The number of carbonyl (C=O) groups excluding carboxylic acids is 4. The molecule has 2 aromatic heterocycles. The largest absolute Gasteiger partial charge is 0.351 e. The standard InChI is InChI=1S/C32H35N7O5S/c1-3-22-29(42)37-25(15-19-9-5-4-6-10-19)31-38-26(17-45-31)28(41)33-14-8-7-11-23(30(43)35-22)36-27(40)20-12-13-21-24(16-20)34-18-39(2)32(21)44/h4-6,9-10,12-13,16-18,22-23,25H,3,7-8,11,14-15H2,1-2H3,(H,33,41)(H,35,43)(H,36,40)(H,37,42)/t22-,23+,25+/m1/s1. The Balaban J connectivity index is 1.37. The van der Waals surface area contributed by atoms with Crippen LogP contribution in [0.15, 0.2) is 65.0 Å². The summed E-state index contributed by atoms with van der Waals surface area (Å²) >= 11 is 1.29. The summed E-state index contributed by atoms with van der Waals surface area (Å²) in [5.74, 6) is -1.72. The van der Waals surface area contributed by atoms with Crippen molar-refractivity contribution >= 4 is 45.9 Å². The summed E-state index contributed by atoms with van der Waals surface area (Å²) < 4.78 is 1.35. The van der Waals surface area contributed by atoms with E-state index in [9.17, 15) is 24.0 Å². The summed E-state index contributed by atoms with van der Waals surface area (Å²) in [7, 11) is 1.60. The van der Waals surface area contributed by atoms with Crippen LogP contribution in [0.2, 0.25) is 0 Å². The SMILES string of the molecule is CC[C@H]1NC(=O)[C@@H](NC(=O)c2ccc3c(=O)n(C)cnc3c2)CCCCNC(=O)c2csc(n2)[C@H](Cc2ccccc2)NC1=O. The third kappa shape index (κ3) is 7.60. The number of aromatic nitrogens is 3. The van der Waals surface area contributed by atoms with Gasteiger partial charge in [0.15, 0.2) is 0 Å². The van der Waals surface area contributed by atoms with Crippen LogP contribution in [0, 0.1) is 0 Å².